The van der Waals surface area contributed by atoms with Crippen molar-refractivity contribution in [3.05, 3.63) is 75.3 Å². The van der Waals surface area contributed by atoms with E-state index in [4.69, 9.17) is 12.2 Å². The molecule has 0 aliphatic rings. The fourth-order valence-electron chi connectivity index (χ4n) is 2.71. The fourth-order valence-corrected chi connectivity index (χ4v) is 2.95. The lowest BCUT2D eigenvalue weighted by Crippen LogP contribution is -2.36. The molecule has 3 aromatic rings. The summed E-state index contributed by atoms with van der Waals surface area (Å²) in [6.07, 6.45) is 0.620. The van der Waals surface area contributed by atoms with E-state index in [9.17, 15) is 9.59 Å². The smallest absolute Gasteiger partial charge is 0.281 e. The largest absolute Gasteiger partial charge is 0.330 e. The highest BCUT2D eigenvalue weighted by Crippen LogP contribution is 2.19. The summed E-state index contributed by atoms with van der Waals surface area (Å²) in [5.41, 5.74) is 3.86. The molecule has 0 fully saturated rings. The lowest BCUT2D eigenvalue weighted by atomic mass is 9.96. The molecule has 0 spiro atoms. The highest BCUT2D eigenvalue weighted by Gasteiger charge is 2.19. The number of rotatable bonds is 4. The summed E-state index contributed by atoms with van der Waals surface area (Å²) in [7, 11) is 0. The van der Waals surface area contributed by atoms with Crippen LogP contribution in [-0.2, 0) is 4.79 Å². The molecule has 6 heteroatoms. The maximum atomic E-state index is 12.7. The maximum Gasteiger partial charge on any atom is 0.281 e. The van der Waals surface area contributed by atoms with Gasteiger partial charge in [-0.3, -0.25) is 15.0 Å². The van der Waals surface area contributed by atoms with Gasteiger partial charge in [0.1, 0.15) is 0 Å². The van der Waals surface area contributed by atoms with Crippen molar-refractivity contribution in [2.24, 2.45) is 0 Å². The van der Waals surface area contributed by atoms with Crippen LogP contribution in [0.15, 0.2) is 59.4 Å². The van der Waals surface area contributed by atoms with E-state index < -0.39 is 0 Å². The molecule has 1 amide bonds. The topological polar surface area (TPSA) is 66.9 Å². The highest BCUT2D eigenvalue weighted by atomic mass is 32.1. The molecule has 0 aliphatic carbocycles. The van der Waals surface area contributed by atoms with E-state index in [1.165, 1.54) is 0 Å². The zero-order valence-electron chi connectivity index (χ0n) is 13.2. The summed E-state index contributed by atoms with van der Waals surface area (Å²) < 4.78 is 1.26. The van der Waals surface area contributed by atoms with Gasteiger partial charge in [-0.05, 0) is 36.3 Å². The molecule has 0 radical (unpaired) electrons. The van der Waals surface area contributed by atoms with Crippen molar-refractivity contribution in [1.29, 1.82) is 0 Å². The SMILES string of the molecule is CC[C@H](C(=O)Nn1c(=S)[nH]c2ccccc2c1=O)c1ccccc1. The Hall–Kier alpha value is -2.73. The van der Waals surface area contributed by atoms with E-state index in [-0.39, 0.29) is 22.2 Å². The average Bonchev–Trinajstić information content (AvgIpc) is 2.60. The molecule has 0 bridgehead atoms. The van der Waals surface area contributed by atoms with Crippen LogP contribution < -0.4 is 11.0 Å². The van der Waals surface area contributed by atoms with Crippen molar-refractivity contribution in [2.75, 3.05) is 5.43 Å². The van der Waals surface area contributed by atoms with Crippen molar-refractivity contribution in [1.82, 2.24) is 9.66 Å². The summed E-state index contributed by atoms with van der Waals surface area (Å²) >= 11 is 5.22. The third kappa shape index (κ3) is 3.00. The van der Waals surface area contributed by atoms with Crippen LogP contribution in [0.3, 0.4) is 0 Å². The Morgan fingerprint density at radius 3 is 2.54 bits per heavy atom. The first-order valence-corrected chi connectivity index (χ1v) is 8.12. The van der Waals surface area contributed by atoms with E-state index in [1.54, 1.807) is 18.2 Å². The predicted octanol–water partition coefficient (Wildman–Crippen LogP) is 3.32. The second-order valence-electron chi connectivity index (χ2n) is 5.46. The third-order valence-corrected chi connectivity index (χ3v) is 4.24. The zero-order valence-corrected chi connectivity index (χ0v) is 14.0. The summed E-state index contributed by atoms with van der Waals surface area (Å²) in [4.78, 5) is 28.2. The van der Waals surface area contributed by atoms with Crippen LogP contribution in [0.5, 0.6) is 0 Å². The van der Waals surface area contributed by atoms with Gasteiger partial charge in [-0.15, -0.1) is 0 Å². The van der Waals surface area contributed by atoms with E-state index >= 15 is 0 Å². The normalized spacial score (nSPS) is 12.0. The first kappa shape index (κ1) is 16.1. The van der Waals surface area contributed by atoms with Gasteiger partial charge in [0.25, 0.3) is 5.56 Å². The summed E-state index contributed by atoms with van der Waals surface area (Å²) in [6.45, 7) is 1.93. The van der Waals surface area contributed by atoms with Gasteiger partial charge in [-0.2, -0.15) is 4.68 Å². The molecule has 5 nitrogen and oxygen atoms in total. The predicted molar refractivity (Wildman–Crippen MR) is 97.2 cm³/mol. The van der Waals surface area contributed by atoms with Gasteiger partial charge >= 0.3 is 0 Å². The number of fused-ring (bicyclic) bond motifs is 1. The Kier molecular flexibility index (Phi) is 4.57. The van der Waals surface area contributed by atoms with Crippen molar-refractivity contribution in [2.45, 2.75) is 19.3 Å². The number of hydrogen-bond acceptors (Lipinski definition) is 3. The van der Waals surface area contributed by atoms with Crippen LogP contribution in [0.4, 0.5) is 0 Å². The Bertz CT molecular complexity index is 992. The molecule has 0 unspecified atom stereocenters. The van der Waals surface area contributed by atoms with Gasteiger partial charge < -0.3 is 4.98 Å². The zero-order chi connectivity index (χ0) is 17.1. The molecule has 24 heavy (non-hydrogen) atoms. The lowest BCUT2D eigenvalue weighted by molar-refractivity contribution is -0.118. The van der Waals surface area contributed by atoms with Crippen LogP contribution in [0.25, 0.3) is 10.9 Å². The second-order valence-corrected chi connectivity index (χ2v) is 5.85. The van der Waals surface area contributed by atoms with Gasteiger partial charge in [0.05, 0.1) is 16.8 Å². The number of H-pyrrole nitrogens is 1. The molecule has 0 saturated carbocycles. The number of aromatic nitrogens is 2. The van der Waals surface area contributed by atoms with Crippen LogP contribution in [0.2, 0.25) is 0 Å². The van der Waals surface area contributed by atoms with Crippen LogP contribution in [0.1, 0.15) is 24.8 Å². The van der Waals surface area contributed by atoms with E-state index in [2.05, 4.69) is 10.4 Å². The number of carbonyl (C=O) groups excluding carboxylic acids is 1. The number of para-hydroxylation sites is 1. The molecule has 1 aromatic heterocycles. The molecule has 2 N–H and O–H groups in total. The number of benzene rings is 2. The molecule has 122 valence electrons. The molecule has 3 rings (SSSR count). The first-order valence-electron chi connectivity index (χ1n) is 7.71. The minimum Gasteiger partial charge on any atom is -0.330 e. The van der Waals surface area contributed by atoms with Crippen LogP contribution >= 0.6 is 12.2 Å². The summed E-state index contributed by atoms with van der Waals surface area (Å²) in [5.74, 6) is -0.612. The Labute approximate surface area is 143 Å². The van der Waals surface area contributed by atoms with Crippen molar-refractivity contribution in [3.8, 4) is 0 Å². The number of nitrogens with one attached hydrogen (secondary N) is 2. The van der Waals surface area contributed by atoms with Crippen molar-refractivity contribution < 1.29 is 4.79 Å². The molecule has 1 atom stereocenters. The van der Waals surface area contributed by atoms with Crippen LogP contribution in [0, 0.1) is 4.77 Å². The fraction of sp³-hybridized carbons (Fsp3) is 0.167. The number of carbonyl (C=O) groups is 1. The van der Waals surface area contributed by atoms with Gasteiger partial charge in [-0.1, -0.05) is 49.4 Å². The van der Waals surface area contributed by atoms with Crippen molar-refractivity contribution >= 4 is 29.0 Å². The summed E-state index contributed by atoms with van der Waals surface area (Å²) in [5, 5.41) is 0.471. The molecule has 0 saturated heterocycles. The maximum absolute atomic E-state index is 12.7. The monoisotopic (exact) mass is 339 g/mol. The molecule has 0 aliphatic heterocycles. The average molecular weight is 339 g/mol. The molecule has 1 heterocycles. The van der Waals surface area contributed by atoms with Gasteiger partial charge in [0.15, 0.2) is 4.77 Å². The second kappa shape index (κ2) is 6.80. The number of nitrogens with zero attached hydrogens (tertiary/aromatic N) is 1. The Morgan fingerprint density at radius 1 is 1.17 bits per heavy atom. The Morgan fingerprint density at radius 2 is 1.83 bits per heavy atom. The van der Waals surface area contributed by atoms with Gasteiger partial charge in [0, 0.05) is 0 Å². The molecular formula is C18H17N3O2S. The minimum absolute atomic E-state index is 0.162. The van der Waals surface area contributed by atoms with Gasteiger partial charge in [-0.25, -0.2) is 0 Å². The number of aromatic amines is 1. The van der Waals surface area contributed by atoms with E-state index in [1.807, 2.05) is 43.3 Å². The quantitative estimate of drug-likeness (QED) is 0.717. The number of hydrogen-bond donors (Lipinski definition) is 2. The lowest BCUT2D eigenvalue weighted by Gasteiger charge is -2.16. The third-order valence-electron chi connectivity index (χ3n) is 3.95. The first-order chi connectivity index (χ1) is 11.6. The highest BCUT2D eigenvalue weighted by molar-refractivity contribution is 7.71. The van der Waals surface area contributed by atoms with Crippen LogP contribution in [-0.4, -0.2) is 15.6 Å². The summed E-state index contributed by atoms with van der Waals surface area (Å²) in [6, 6.07) is 16.5. The molecular weight excluding hydrogens is 322 g/mol. The Balaban J connectivity index is 1.99. The minimum atomic E-state index is -0.348. The van der Waals surface area contributed by atoms with Crippen molar-refractivity contribution in [3.63, 3.8) is 0 Å². The standard InChI is InChI=1S/C18H17N3O2S/c1-2-13(12-8-4-3-5-9-12)16(22)20-21-17(23)14-10-6-7-11-15(14)19-18(21)24/h3-11,13H,2H2,1H3,(H,19,24)(H,20,22)/t13-/m0/s1. The number of amides is 1. The van der Waals surface area contributed by atoms with Gasteiger partial charge in [0.2, 0.25) is 5.91 Å². The van der Waals surface area contributed by atoms with E-state index in [0.717, 1.165) is 10.2 Å². The van der Waals surface area contributed by atoms with E-state index in [0.29, 0.717) is 17.3 Å². The molecule has 2 aromatic carbocycles.